The monoisotopic (exact) mass is 242 g/mol. The van der Waals surface area contributed by atoms with E-state index in [-0.39, 0.29) is 0 Å². The number of nitrogens with zero attached hydrogens (tertiary/aromatic N) is 3. The van der Waals surface area contributed by atoms with Gasteiger partial charge in [0.15, 0.2) is 0 Å². The molecule has 0 fully saturated rings. The third-order valence-electron chi connectivity index (χ3n) is 2.40. The van der Waals surface area contributed by atoms with Crippen LogP contribution in [0.3, 0.4) is 0 Å². The summed E-state index contributed by atoms with van der Waals surface area (Å²) < 4.78 is 1.20. The van der Waals surface area contributed by atoms with Crippen molar-refractivity contribution < 1.29 is 0 Å². The van der Waals surface area contributed by atoms with E-state index in [4.69, 9.17) is 5.73 Å². The molecule has 0 atom stereocenters. The predicted molar refractivity (Wildman–Crippen MR) is 68.9 cm³/mol. The standard InChI is InChI=1S/C12H10N4S/c13-11-7-14-8(6-15-11)5-12-16-9-3-1-2-4-10(9)17-12/h1-4,6-7H,5H2,(H2,13,15). The predicted octanol–water partition coefficient (Wildman–Crippen LogP) is 2.26. The lowest BCUT2D eigenvalue weighted by atomic mass is 10.3. The SMILES string of the molecule is Nc1cnc(Cc2nc3ccccc3s2)cn1. The Kier molecular flexibility index (Phi) is 2.45. The number of nitrogens with two attached hydrogens (primary N) is 1. The highest BCUT2D eigenvalue weighted by Gasteiger charge is 2.05. The first kappa shape index (κ1) is 10.2. The second kappa shape index (κ2) is 4.10. The second-order valence-corrected chi connectivity index (χ2v) is 4.80. The van der Waals surface area contributed by atoms with Crippen molar-refractivity contribution in [2.45, 2.75) is 6.42 Å². The van der Waals surface area contributed by atoms with Gasteiger partial charge < -0.3 is 5.73 Å². The summed E-state index contributed by atoms with van der Waals surface area (Å²) in [7, 11) is 0. The topological polar surface area (TPSA) is 64.7 Å². The van der Waals surface area contributed by atoms with Crippen LogP contribution in [0.15, 0.2) is 36.7 Å². The van der Waals surface area contributed by atoms with Crippen LogP contribution in [0.4, 0.5) is 5.82 Å². The molecule has 84 valence electrons. The quantitative estimate of drug-likeness (QED) is 0.748. The number of aromatic nitrogens is 3. The van der Waals surface area contributed by atoms with Crippen molar-refractivity contribution in [3.05, 3.63) is 47.4 Å². The molecule has 0 bridgehead atoms. The Labute approximate surface area is 102 Å². The molecule has 0 spiro atoms. The first-order valence-corrected chi connectivity index (χ1v) is 6.04. The smallest absolute Gasteiger partial charge is 0.141 e. The summed E-state index contributed by atoms with van der Waals surface area (Å²) in [6.45, 7) is 0. The van der Waals surface area contributed by atoms with Crippen molar-refractivity contribution >= 4 is 27.4 Å². The van der Waals surface area contributed by atoms with Crippen molar-refractivity contribution in [1.82, 2.24) is 15.0 Å². The normalized spacial score (nSPS) is 10.8. The Morgan fingerprint density at radius 3 is 2.76 bits per heavy atom. The van der Waals surface area contributed by atoms with Crippen LogP contribution in [0, 0.1) is 0 Å². The summed E-state index contributed by atoms with van der Waals surface area (Å²) in [4.78, 5) is 12.8. The average Bonchev–Trinajstić information content (AvgIpc) is 2.74. The second-order valence-electron chi connectivity index (χ2n) is 3.68. The molecule has 3 rings (SSSR count). The minimum atomic E-state index is 0.443. The van der Waals surface area contributed by atoms with E-state index in [1.807, 2.05) is 18.2 Å². The zero-order valence-corrected chi connectivity index (χ0v) is 9.81. The first-order valence-electron chi connectivity index (χ1n) is 5.22. The van der Waals surface area contributed by atoms with Gasteiger partial charge in [0.25, 0.3) is 0 Å². The van der Waals surface area contributed by atoms with Gasteiger partial charge in [0.05, 0.1) is 33.3 Å². The molecule has 2 N–H and O–H groups in total. The largest absolute Gasteiger partial charge is 0.382 e. The van der Waals surface area contributed by atoms with Crippen LogP contribution in [-0.4, -0.2) is 15.0 Å². The lowest BCUT2D eigenvalue weighted by Gasteiger charge is -1.96. The zero-order valence-electron chi connectivity index (χ0n) is 9.00. The van der Waals surface area contributed by atoms with Gasteiger partial charge >= 0.3 is 0 Å². The Morgan fingerprint density at radius 2 is 2.00 bits per heavy atom. The molecule has 1 aromatic carbocycles. The fraction of sp³-hybridized carbons (Fsp3) is 0.0833. The van der Waals surface area contributed by atoms with Gasteiger partial charge in [-0.3, -0.25) is 4.98 Å². The van der Waals surface area contributed by atoms with Gasteiger partial charge in [0.1, 0.15) is 5.82 Å². The number of para-hydroxylation sites is 1. The molecule has 0 aliphatic carbocycles. The van der Waals surface area contributed by atoms with Crippen molar-refractivity contribution in [3.8, 4) is 0 Å². The number of hydrogen-bond acceptors (Lipinski definition) is 5. The molecule has 0 saturated heterocycles. The van der Waals surface area contributed by atoms with E-state index in [0.29, 0.717) is 12.2 Å². The van der Waals surface area contributed by atoms with Gasteiger partial charge in [-0.1, -0.05) is 12.1 Å². The molecule has 0 amide bonds. The maximum Gasteiger partial charge on any atom is 0.141 e. The van der Waals surface area contributed by atoms with Gasteiger partial charge in [0, 0.05) is 6.42 Å². The molecule has 0 radical (unpaired) electrons. The minimum Gasteiger partial charge on any atom is -0.382 e. The average molecular weight is 242 g/mol. The number of benzene rings is 1. The summed E-state index contributed by atoms with van der Waals surface area (Å²) in [6, 6.07) is 8.11. The highest BCUT2D eigenvalue weighted by atomic mass is 32.1. The summed E-state index contributed by atoms with van der Waals surface area (Å²) in [6.07, 6.45) is 3.97. The van der Waals surface area contributed by atoms with Crippen LogP contribution in [-0.2, 0) is 6.42 Å². The third-order valence-corrected chi connectivity index (χ3v) is 3.43. The Bertz CT molecular complexity index is 612. The molecule has 0 aliphatic heterocycles. The molecule has 17 heavy (non-hydrogen) atoms. The fourth-order valence-electron chi connectivity index (χ4n) is 1.61. The van der Waals surface area contributed by atoms with Crippen LogP contribution >= 0.6 is 11.3 Å². The van der Waals surface area contributed by atoms with Crippen LogP contribution in [0.5, 0.6) is 0 Å². The summed E-state index contributed by atoms with van der Waals surface area (Å²) >= 11 is 1.69. The molecule has 0 unspecified atom stereocenters. The lowest BCUT2D eigenvalue weighted by molar-refractivity contribution is 1.02. The number of hydrogen-bond donors (Lipinski definition) is 1. The molecule has 2 aromatic heterocycles. The highest BCUT2D eigenvalue weighted by Crippen LogP contribution is 2.22. The number of fused-ring (bicyclic) bond motifs is 1. The third kappa shape index (κ3) is 2.09. The summed E-state index contributed by atoms with van der Waals surface area (Å²) in [5.74, 6) is 0.443. The van der Waals surface area contributed by atoms with Gasteiger partial charge in [0.2, 0.25) is 0 Å². The number of anilines is 1. The Morgan fingerprint density at radius 1 is 1.12 bits per heavy atom. The zero-order chi connectivity index (χ0) is 11.7. The van der Waals surface area contributed by atoms with E-state index in [1.54, 1.807) is 23.7 Å². The van der Waals surface area contributed by atoms with E-state index < -0.39 is 0 Å². The number of nitrogen functional groups attached to an aromatic ring is 1. The van der Waals surface area contributed by atoms with Crippen LogP contribution in [0.25, 0.3) is 10.2 Å². The van der Waals surface area contributed by atoms with Gasteiger partial charge in [-0.05, 0) is 12.1 Å². The van der Waals surface area contributed by atoms with Crippen LogP contribution in [0.2, 0.25) is 0 Å². The van der Waals surface area contributed by atoms with E-state index in [0.717, 1.165) is 16.2 Å². The minimum absolute atomic E-state index is 0.443. The number of rotatable bonds is 2. The molecular formula is C12H10N4S. The Balaban J connectivity index is 1.92. The molecule has 5 heteroatoms. The van der Waals surface area contributed by atoms with Crippen LogP contribution in [0.1, 0.15) is 10.7 Å². The maximum atomic E-state index is 5.49. The number of thiazole rings is 1. The maximum absolute atomic E-state index is 5.49. The molecule has 2 heterocycles. The lowest BCUT2D eigenvalue weighted by Crippen LogP contribution is -1.96. The van der Waals surface area contributed by atoms with Crippen molar-refractivity contribution in [2.24, 2.45) is 0 Å². The fourth-order valence-corrected chi connectivity index (χ4v) is 2.59. The molecule has 3 aromatic rings. The molecule has 0 aliphatic rings. The molecule has 4 nitrogen and oxygen atoms in total. The van der Waals surface area contributed by atoms with E-state index in [1.165, 1.54) is 4.70 Å². The van der Waals surface area contributed by atoms with E-state index >= 15 is 0 Å². The van der Waals surface area contributed by atoms with Gasteiger partial charge in [-0.2, -0.15) is 0 Å². The van der Waals surface area contributed by atoms with E-state index in [2.05, 4.69) is 21.0 Å². The van der Waals surface area contributed by atoms with Crippen molar-refractivity contribution in [1.29, 1.82) is 0 Å². The first-order chi connectivity index (χ1) is 8.31. The summed E-state index contributed by atoms with van der Waals surface area (Å²) in [5, 5.41) is 1.05. The highest BCUT2D eigenvalue weighted by molar-refractivity contribution is 7.18. The van der Waals surface area contributed by atoms with Crippen molar-refractivity contribution in [2.75, 3.05) is 5.73 Å². The molecular weight excluding hydrogens is 232 g/mol. The van der Waals surface area contributed by atoms with Crippen molar-refractivity contribution in [3.63, 3.8) is 0 Å². The van der Waals surface area contributed by atoms with Gasteiger partial charge in [-0.25, -0.2) is 9.97 Å². The van der Waals surface area contributed by atoms with Crippen LogP contribution < -0.4 is 5.73 Å². The van der Waals surface area contributed by atoms with E-state index in [9.17, 15) is 0 Å². The molecule has 0 saturated carbocycles. The Hall–Kier alpha value is -2.01. The van der Waals surface area contributed by atoms with Gasteiger partial charge in [-0.15, -0.1) is 11.3 Å². The summed E-state index contributed by atoms with van der Waals surface area (Å²) in [5.41, 5.74) is 7.42.